The molecule has 2 atom stereocenters. The van der Waals surface area contributed by atoms with Crippen molar-refractivity contribution >= 4 is 35.7 Å². The fourth-order valence-electron chi connectivity index (χ4n) is 4.78. The lowest BCUT2D eigenvalue weighted by Crippen LogP contribution is -2.50. The second-order valence-electron chi connectivity index (χ2n) is 9.11. The van der Waals surface area contributed by atoms with Crippen LogP contribution in [0.4, 0.5) is 0 Å². The van der Waals surface area contributed by atoms with Crippen LogP contribution >= 0.6 is 11.8 Å². The number of esters is 2. The predicted octanol–water partition coefficient (Wildman–Crippen LogP) is 3.75. The fourth-order valence-corrected chi connectivity index (χ4v) is 6.00. The van der Waals surface area contributed by atoms with E-state index < -0.39 is 23.5 Å². The van der Waals surface area contributed by atoms with E-state index in [1.807, 2.05) is 12.1 Å². The molecule has 3 aliphatic rings. The van der Waals surface area contributed by atoms with Crippen LogP contribution in [0.3, 0.4) is 0 Å². The number of nitrogens with one attached hydrogen (secondary N) is 1. The summed E-state index contributed by atoms with van der Waals surface area (Å²) in [4.78, 5) is 41.0. The van der Waals surface area contributed by atoms with E-state index in [1.54, 1.807) is 56.0 Å². The number of fused-ring (bicyclic) bond motifs is 2. The molecule has 1 amide bonds. The van der Waals surface area contributed by atoms with Gasteiger partial charge in [-0.3, -0.25) is 9.69 Å². The molecule has 0 bridgehead atoms. The van der Waals surface area contributed by atoms with Crippen molar-refractivity contribution in [3.05, 3.63) is 63.7 Å². The molecule has 2 aromatic carbocycles. The van der Waals surface area contributed by atoms with Gasteiger partial charge in [0.1, 0.15) is 0 Å². The number of amides is 1. The Morgan fingerprint density at radius 2 is 1.85 bits per heavy atom. The van der Waals surface area contributed by atoms with Crippen LogP contribution in [0.5, 0.6) is 23.0 Å². The van der Waals surface area contributed by atoms with Gasteiger partial charge in [-0.15, -0.1) is 0 Å². The predicted molar refractivity (Wildman–Crippen MR) is 149 cm³/mol. The van der Waals surface area contributed by atoms with Gasteiger partial charge in [-0.1, -0.05) is 23.9 Å². The van der Waals surface area contributed by atoms with Crippen LogP contribution in [0.1, 0.15) is 37.9 Å². The largest absolute Gasteiger partial charge is 0.493 e. The number of carbonyl (C=O) groups excluding carboxylic acids is 3. The Bertz CT molecular complexity index is 1440. The van der Waals surface area contributed by atoms with Crippen LogP contribution < -0.4 is 24.3 Å². The molecule has 216 valence electrons. The molecule has 12 heteroatoms. The number of nitrogens with zero attached hydrogens (tertiary/aromatic N) is 1. The fraction of sp³-hybridized carbons (Fsp3) is 0.345. The van der Waals surface area contributed by atoms with Crippen molar-refractivity contribution in [3.8, 4) is 23.0 Å². The third-order valence-corrected chi connectivity index (χ3v) is 7.69. The van der Waals surface area contributed by atoms with Crippen LogP contribution in [0, 0.1) is 0 Å². The smallest absolute Gasteiger partial charge is 0.344 e. The number of benzene rings is 2. The normalized spacial score (nSPS) is 20.0. The number of hydrogen-bond acceptors (Lipinski definition) is 11. The summed E-state index contributed by atoms with van der Waals surface area (Å²) in [7, 11) is 1.47. The Hall–Kier alpha value is -4.32. The lowest BCUT2D eigenvalue weighted by Gasteiger charge is -2.39. The summed E-state index contributed by atoms with van der Waals surface area (Å²) in [6.07, 6.45) is 1.79. The lowest BCUT2D eigenvalue weighted by atomic mass is 9.93. The van der Waals surface area contributed by atoms with Crippen molar-refractivity contribution < 1.29 is 42.8 Å². The van der Waals surface area contributed by atoms with Crippen molar-refractivity contribution in [1.82, 2.24) is 10.2 Å². The highest BCUT2D eigenvalue weighted by Gasteiger charge is 2.48. The van der Waals surface area contributed by atoms with Gasteiger partial charge in [0.25, 0.3) is 5.91 Å². The Balaban J connectivity index is 1.51. The Labute approximate surface area is 241 Å². The Morgan fingerprint density at radius 3 is 2.61 bits per heavy atom. The molecule has 5 rings (SSSR count). The molecule has 0 aliphatic carbocycles. The first-order valence-electron chi connectivity index (χ1n) is 13.1. The first-order chi connectivity index (χ1) is 19.8. The molecule has 3 aliphatic heterocycles. The van der Waals surface area contributed by atoms with Crippen LogP contribution in [0.2, 0.25) is 0 Å². The summed E-state index contributed by atoms with van der Waals surface area (Å²) in [6.45, 7) is 5.50. The molecule has 1 saturated heterocycles. The monoisotopic (exact) mass is 582 g/mol. The molecule has 0 spiro atoms. The standard InChI is InChI=1S/C29H30N2O9S/c1-5-36-24(32)14-38-19-10-8-18(13-21(19)35-4)26-25(28(34)37-6-2)16(3)30-29-31(26)27(33)23(41-29)12-17-7-9-20-22(11-17)40-15-39-20/h7-13,26,29-30H,5-6,14-15H2,1-4H3/b23-12-/t26-,29+/m0/s1. The summed E-state index contributed by atoms with van der Waals surface area (Å²) in [6, 6.07) is 9.76. The third-order valence-electron chi connectivity index (χ3n) is 6.58. The second-order valence-corrected chi connectivity index (χ2v) is 10.2. The number of hydrogen-bond donors (Lipinski definition) is 1. The van der Waals surface area contributed by atoms with Gasteiger partial charge in [0.05, 0.1) is 36.8 Å². The van der Waals surface area contributed by atoms with Crippen LogP contribution in [-0.2, 0) is 23.9 Å². The van der Waals surface area contributed by atoms with Gasteiger partial charge in [-0.25, -0.2) is 9.59 Å². The van der Waals surface area contributed by atoms with E-state index in [0.29, 0.717) is 44.7 Å². The van der Waals surface area contributed by atoms with Gasteiger partial charge in [0.15, 0.2) is 35.1 Å². The zero-order valence-corrected chi connectivity index (χ0v) is 23.9. The topological polar surface area (TPSA) is 122 Å². The molecule has 3 heterocycles. The van der Waals surface area contributed by atoms with E-state index in [9.17, 15) is 14.4 Å². The first kappa shape index (κ1) is 28.2. The van der Waals surface area contributed by atoms with E-state index >= 15 is 0 Å². The zero-order chi connectivity index (χ0) is 29.1. The van der Waals surface area contributed by atoms with Gasteiger partial charge < -0.3 is 33.7 Å². The molecule has 0 unspecified atom stereocenters. The van der Waals surface area contributed by atoms with Gasteiger partial charge in [-0.05, 0) is 62.2 Å². The van der Waals surface area contributed by atoms with Crippen molar-refractivity contribution in [1.29, 1.82) is 0 Å². The average Bonchev–Trinajstić information content (AvgIpc) is 3.55. The number of thioether (sulfide) groups is 1. The lowest BCUT2D eigenvalue weighted by molar-refractivity contribution is -0.145. The second kappa shape index (κ2) is 12.0. The van der Waals surface area contributed by atoms with Crippen molar-refractivity contribution in [2.75, 3.05) is 33.7 Å². The van der Waals surface area contributed by atoms with Crippen molar-refractivity contribution in [3.63, 3.8) is 0 Å². The van der Waals surface area contributed by atoms with Crippen molar-refractivity contribution in [2.45, 2.75) is 32.3 Å². The van der Waals surface area contributed by atoms with Crippen LogP contribution in [0.25, 0.3) is 6.08 Å². The Kier molecular flexibility index (Phi) is 8.29. The van der Waals surface area contributed by atoms with Gasteiger partial charge in [0.2, 0.25) is 6.79 Å². The number of rotatable bonds is 9. The van der Waals surface area contributed by atoms with Crippen molar-refractivity contribution in [2.24, 2.45) is 0 Å². The molecule has 1 N–H and O–H groups in total. The van der Waals surface area contributed by atoms with Crippen LogP contribution in [0.15, 0.2) is 52.6 Å². The summed E-state index contributed by atoms with van der Waals surface area (Å²) in [5, 5.41) is 3.29. The van der Waals surface area contributed by atoms with E-state index in [4.69, 9.17) is 28.4 Å². The van der Waals surface area contributed by atoms with Gasteiger partial charge >= 0.3 is 11.9 Å². The van der Waals surface area contributed by atoms with E-state index in [2.05, 4.69) is 5.32 Å². The van der Waals surface area contributed by atoms with E-state index in [-0.39, 0.29) is 32.5 Å². The highest BCUT2D eigenvalue weighted by molar-refractivity contribution is 8.05. The molecule has 0 saturated carbocycles. The van der Waals surface area contributed by atoms with Gasteiger partial charge in [0, 0.05) is 5.70 Å². The molecule has 41 heavy (non-hydrogen) atoms. The maximum atomic E-state index is 13.9. The highest BCUT2D eigenvalue weighted by Crippen LogP contribution is 2.48. The molecular weight excluding hydrogens is 552 g/mol. The molecule has 2 aromatic rings. The minimum absolute atomic E-state index is 0.155. The van der Waals surface area contributed by atoms with Gasteiger partial charge in [-0.2, -0.15) is 0 Å². The highest BCUT2D eigenvalue weighted by atomic mass is 32.2. The number of allylic oxidation sites excluding steroid dienone is 1. The number of methoxy groups -OCH3 is 1. The molecular formula is C29H30N2O9S. The molecule has 0 aromatic heterocycles. The summed E-state index contributed by atoms with van der Waals surface area (Å²) in [5.41, 5.74) is 1.82. The third kappa shape index (κ3) is 5.64. The molecule has 0 radical (unpaired) electrons. The van der Waals surface area contributed by atoms with E-state index in [0.717, 1.165) is 5.56 Å². The first-order valence-corrected chi connectivity index (χ1v) is 13.9. The number of carbonyl (C=O) groups is 3. The summed E-state index contributed by atoms with van der Waals surface area (Å²) >= 11 is 1.35. The van der Waals surface area contributed by atoms with E-state index in [1.165, 1.54) is 18.9 Å². The Morgan fingerprint density at radius 1 is 1.07 bits per heavy atom. The maximum Gasteiger partial charge on any atom is 0.344 e. The minimum Gasteiger partial charge on any atom is -0.493 e. The molecule has 11 nitrogen and oxygen atoms in total. The zero-order valence-electron chi connectivity index (χ0n) is 23.1. The summed E-state index contributed by atoms with van der Waals surface area (Å²) < 4.78 is 32.4. The maximum absolute atomic E-state index is 13.9. The quantitative estimate of drug-likeness (QED) is 0.344. The average molecular weight is 583 g/mol. The molecule has 1 fully saturated rings. The summed E-state index contributed by atoms with van der Waals surface area (Å²) in [5.74, 6) is 0.614. The minimum atomic E-state index is -0.782. The SMILES string of the molecule is CCOC(=O)COc1ccc([C@H]2C(C(=O)OCC)=C(C)N[C@H]3S/C(=C\c4ccc5c(c4)OCO5)C(=O)N23)cc1OC. The van der Waals surface area contributed by atoms with Crippen LogP contribution in [-0.4, -0.2) is 62.0 Å². The number of ether oxygens (including phenoxy) is 6.